The van der Waals surface area contributed by atoms with E-state index in [9.17, 15) is 26.4 Å². The summed E-state index contributed by atoms with van der Waals surface area (Å²) in [5.41, 5.74) is 6.27. The summed E-state index contributed by atoms with van der Waals surface area (Å²) >= 11 is 0. The molecule has 1 heterocycles. The van der Waals surface area contributed by atoms with Gasteiger partial charge in [0.1, 0.15) is 5.75 Å². The lowest BCUT2D eigenvalue weighted by Crippen LogP contribution is -2.34. The molecule has 0 aliphatic carbocycles. The molecule has 1 fully saturated rings. The van der Waals surface area contributed by atoms with Crippen LogP contribution >= 0.6 is 0 Å². The minimum absolute atomic E-state index is 0.138. The molecule has 2 aromatic carbocycles. The average molecular weight is 444 g/mol. The molecule has 1 saturated heterocycles. The number of benzene rings is 2. The van der Waals surface area contributed by atoms with Gasteiger partial charge in [0.15, 0.2) is 0 Å². The number of urea groups is 1. The van der Waals surface area contributed by atoms with Crippen molar-refractivity contribution >= 4 is 21.6 Å². The molecule has 0 radical (unpaired) electrons. The van der Waals surface area contributed by atoms with Crippen LogP contribution in [-0.2, 0) is 9.84 Å². The van der Waals surface area contributed by atoms with Gasteiger partial charge < -0.3 is 15.4 Å². The SMILES string of the molecule is O=C(NCC1CNNC1)Nc1ccc(S(=O)(=O)c2cccc(OC(F)(F)F)c2)cc1. The summed E-state index contributed by atoms with van der Waals surface area (Å²) in [4.78, 5) is 11.5. The molecular weight excluding hydrogens is 425 g/mol. The van der Waals surface area contributed by atoms with Crippen LogP contribution in [0.4, 0.5) is 23.7 Å². The lowest BCUT2D eigenvalue weighted by Gasteiger charge is -2.12. The maximum Gasteiger partial charge on any atom is 0.573 e. The Kier molecular flexibility index (Phi) is 6.48. The van der Waals surface area contributed by atoms with Gasteiger partial charge in [-0.15, -0.1) is 13.2 Å². The standard InChI is InChI=1S/C18H19F3N4O4S/c19-18(20,21)29-14-2-1-3-16(8-14)30(27,28)15-6-4-13(5-7-15)25-17(26)22-9-12-10-23-24-11-12/h1-8,12,23-24H,9-11H2,(H2,22,25,26). The fourth-order valence-electron chi connectivity index (χ4n) is 2.75. The van der Waals surface area contributed by atoms with E-state index < -0.39 is 28.0 Å². The highest BCUT2D eigenvalue weighted by Crippen LogP contribution is 2.28. The number of hydrogen-bond donors (Lipinski definition) is 4. The van der Waals surface area contributed by atoms with E-state index in [4.69, 9.17) is 0 Å². The fraction of sp³-hybridized carbons (Fsp3) is 0.278. The second kappa shape index (κ2) is 8.90. The Labute approximate surface area is 170 Å². The van der Waals surface area contributed by atoms with Gasteiger partial charge in [0.2, 0.25) is 9.84 Å². The largest absolute Gasteiger partial charge is 0.573 e. The van der Waals surface area contributed by atoms with Crippen LogP contribution in [0.2, 0.25) is 0 Å². The number of nitrogens with one attached hydrogen (secondary N) is 4. The third-order valence-electron chi connectivity index (χ3n) is 4.23. The number of anilines is 1. The minimum Gasteiger partial charge on any atom is -0.406 e. The number of hydrazine groups is 1. The van der Waals surface area contributed by atoms with Crippen molar-refractivity contribution in [1.29, 1.82) is 0 Å². The van der Waals surface area contributed by atoms with Gasteiger partial charge in [-0.25, -0.2) is 13.2 Å². The van der Waals surface area contributed by atoms with Crippen molar-refractivity contribution in [2.24, 2.45) is 5.92 Å². The lowest BCUT2D eigenvalue weighted by molar-refractivity contribution is -0.274. The summed E-state index contributed by atoms with van der Waals surface area (Å²) in [5.74, 6) is -0.369. The quantitative estimate of drug-likeness (QED) is 0.545. The zero-order valence-electron chi connectivity index (χ0n) is 15.5. The van der Waals surface area contributed by atoms with E-state index in [0.717, 1.165) is 31.3 Å². The first-order chi connectivity index (χ1) is 14.1. The van der Waals surface area contributed by atoms with Crippen LogP contribution in [0, 0.1) is 5.92 Å². The van der Waals surface area contributed by atoms with Crippen LogP contribution in [0.15, 0.2) is 58.3 Å². The topological polar surface area (TPSA) is 109 Å². The van der Waals surface area contributed by atoms with Crippen LogP contribution in [0.1, 0.15) is 0 Å². The highest BCUT2D eigenvalue weighted by atomic mass is 32.2. The number of hydrogen-bond acceptors (Lipinski definition) is 6. The van der Waals surface area contributed by atoms with Crippen molar-refractivity contribution < 1.29 is 31.1 Å². The number of sulfone groups is 1. The van der Waals surface area contributed by atoms with Gasteiger partial charge >= 0.3 is 12.4 Å². The van der Waals surface area contributed by atoms with Crippen molar-refractivity contribution in [2.75, 3.05) is 25.0 Å². The average Bonchev–Trinajstić information content (AvgIpc) is 3.19. The predicted octanol–water partition coefficient (Wildman–Crippen LogP) is 2.26. The van der Waals surface area contributed by atoms with E-state index in [0.29, 0.717) is 12.2 Å². The predicted molar refractivity (Wildman–Crippen MR) is 102 cm³/mol. The highest BCUT2D eigenvalue weighted by molar-refractivity contribution is 7.91. The number of carbonyl (C=O) groups is 1. The van der Waals surface area contributed by atoms with Gasteiger partial charge in [0.05, 0.1) is 9.79 Å². The molecule has 1 aliphatic rings. The van der Waals surface area contributed by atoms with Crippen molar-refractivity contribution in [3.8, 4) is 5.75 Å². The van der Waals surface area contributed by atoms with Crippen molar-refractivity contribution in [2.45, 2.75) is 16.2 Å². The summed E-state index contributed by atoms with van der Waals surface area (Å²) in [7, 11) is -4.07. The molecule has 1 aliphatic heterocycles. The lowest BCUT2D eigenvalue weighted by atomic mass is 10.2. The van der Waals surface area contributed by atoms with E-state index in [1.807, 2.05) is 0 Å². The molecular formula is C18H19F3N4O4S. The highest BCUT2D eigenvalue weighted by Gasteiger charge is 2.31. The molecule has 2 amide bonds. The molecule has 0 unspecified atom stereocenters. The number of ether oxygens (including phenoxy) is 1. The zero-order valence-corrected chi connectivity index (χ0v) is 16.3. The van der Waals surface area contributed by atoms with Gasteiger partial charge in [-0.05, 0) is 42.5 Å². The number of rotatable bonds is 6. The van der Waals surface area contributed by atoms with Gasteiger partial charge in [0, 0.05) is 31.2 Å². The molecule has 12 heteroatoms. The van der Waals surface area contributed by atoms with Crippen LogP contribution in [-0.4, -0.2) is 40.4 Å². The van der Waals surface area contributed by atoms with Crippen LogP contribution in [0.25, 0.3) is 0 Å². The third-order valence-corrected chi connectivity index (χ3v) is 6.00. The normalized spacial score (nSPS) is 15.0. The number of amides is 2. The second-order valence-electron chi connectivity index (χ2n) is 6.51. The fourth-order valence-corrected chi connectivity index (χ4v) is 4.05. The summed E-state index contributed by atoms with van der Waals surface area (Å²) < 4.78 is 66.2. The van der Waals surface area contributed by atoms with Crippen molar-refractivity contribution in [3.05, 3.63) is 48.5 Å². The summed E-state index contributed by atoms with van der Waals surface area (Å²) in [6, 6.07) is 9.00. The van der Waals surface area contributed by atoms with Crippen molar-refractivity contribution in [1.82, 2.24) is 16.2 Å². The first-order valence-electron chi connectivity index (χ1n) is 8.85. The Bertz CT molecular complexity index is 991. The van der Waals surface area contributed by atoms with E-state index in [1.165, 1.54) is 30.3 Å². The molecule has 4 N–H and O–H groups in total. The Morgan fingerprint density at radius 1 is 1.07 bits per heavy atom. The molecule has 162 valence electrons. The van der Waals surface area contributed by atoms with E-state index in [1.54, 1.807) is 0 Å². The molecule has 8 nitrogen and oxygen atoms in total. The maximum absolute atomic E-state index is 12.7. The smallest absolute Gasteiger partial charge is 0.406 e. The van der Waals surface area contributed by atoms with Gasteiger partial charge in [-0.2, -0.15) is 0 Å². The van der Waals surface area contributed by atoms with E-state index in [2.05, 4.69) is 26.2 Å². The number of carbonyl (C=O) groups excluding carboxylic acids is 1. The van der Waals surface area contributed by atoms with Crippen LogP contribution in [0.3, 0.4) is 0 Å². The molecule has 0 spiro atoms. The van der Waals surface area contributed by atoms with Gasteiger partial charge in [-0.3, -0.25) is 10.9 Å². The first kappa shape index (κ1) is 21.9. The Hall–Kier alpha value is -2.83. The van der Waals surface area contributed by atoms with Gasteiger partial charge in [0.25, 0.3) is 0 Å². The summed E-state index contributed by atoms with van der Waals surface area (Å²) in [6.45, 7) is 1.94. The molecule has 0 bridgehead atoms. The molecule has 3 rings (SSSR count). The third kappa shape index (κ3) is 5.84. The maximum atomic E-state index is 12.7. The first-order valence-corrected chi connectivity index (χ1v) is 10.3. The monoisotopic (exact) mass is 444 g/mol. The van der Waals surface area contributed by atoms with E-state index >= 15 is 0 Å². The van der Waals surface area contributed by atoms with Crippen molar-refractivity contribution in [3.63, 3.8) is 0 Å². The van der Waals surface area contributed by atoms with Crippen LogP contribution < -0.4 is 26.2 Å². The van der Waals surface area contributed by atoms with E-state index in [-0.39, 0.29) is 15.7 Å². The second-order valence-corrected chi connectivity index (χ2v) is 8.46. The Balaban J connectivity index is 1.66. The molecule has 0 aromatic heterocycles. The number of halogens is 3. The molecule has 0 saturated carbocycles. The summed E-state index contributed by atoms with van der Waals surface area (Å²) in [6.07, 6.45) is -4.93. The Morgan fingerprint density at radius 3 is 2.37 bits per heavy atom. The molecule has 0 atom stereocenters. The van der Waals surface area contributed by atoms with Gasteiger partial charge in [-0.1, -0.05) is 6.07 Å². The zero-order chi connectivity index (χ0) is 21.8. The number of alkyl halides is 3. The summed E-state index contributed by atoms with van der Waals surface area (Å²) in [5, 5.41) is 5.30. The minimum atomic E-state index is -4.93. The van der Waals surface area contributed by atoms with Crippen LogP contribution in [0.5, 0.6) is 5.75 Å². The molecule has 30 heavy (non-hydrogen) atoms. The Morgan fingerprint density at radius 2 is 1.73 bits per heavy atom. The molecule has 2 aromatic rings.